The minimum absolute atomic E-state index is 0.00859. The van der Waals surface area contributed by atoms with E-state index in [1.165, 1.54) is 6.07 Å². The molecule has 3 aliphatic rings. The lowest BCUT2D eigenvalue weighted by molar-refractivity contribution is -0.134. The minimum atomic E-state index is -1.94. The van der Waals surface area contributed by atoms with Crippen LogP contribution < -0.4 is 0 Å². The minimum Gasteiger partial charge on any atom is -0.508 e. The van der Waals surface area contributed by atoms with E-state index in [4.69, 9.17) is 6.85 Å². The highest BCUT2D eigenvalue weighted by Crippen LogP contribution is 2.59. The molecule has 3 aliphatic carbocycles. The van der Waals surface area contributed by atoms with Crippen LogP contribution in [-0.2, 0) is 11.2 Å². The van der Waals surface area contributed by atoms with Crippen LogP contribution in [0.4, 0.5) is 0 Å². The van der Waals surface area contributed by atoms with Crippen LogP contribution in [0.5, 0.6) is 5.75 Å². The summed E-state index contributed by atoms with van der Waals surface area (Å²) in [6.45, 7) is 1.81. The van der Waals surface area contributed by atoms with Gasteiger partial charge in [-0.1, -0.05) is 13.0 Å². The van der Waals surface area contributed by atoms with Crippen molar-refractivity contribution < 1.29 is 21.9 Å². The summed E-state index contributed by atoms with van der Waals surface area (Å²) in [6, 6.07) is 0.612. The van der Waals surface area contributed by atoms with Crippen molar-refractivity contribution in [3.8, 4) is 5.75 Å². The predicted molar refractivity (Wildman–Crippen MR) is 79.1 cm³/mol. The molecular formula is C18H22O3. The van der Waals surface area contributed by atoms with Crippen molar-refractivity contribution in [2.75, 3.05) is 0 Å². The van der Waals surface area contributed by atoms with Crippen molar-refractivity contribution in [1.82, 2.24) is 0 Å². The number of carbonyl (C=O) groups excluding carboxylic acids is 1. The molecule has 1 aromatic rings. The molecule has 3 nitrogen and oxygen atoms in total. The van der Waals surface area contributed by atoms with Crippen LogP contribution in [0, 0.1) is 17.3 Å². The molecule has 0 radical (unpaired) electrons. The van der Waals surface area contributed by atoms with Gasteiger partial charge in [0.05, 0.1) is 2.74 Å². The monoisotopic (exact) mass is 291 g/mol. The standard InChI is InChI=1S/C18H22O3/c1-18-7-6-13-12-5-3-11(19)8-10(12)2-4-14(13)15(18)9-16(20)17(18)21/h3,5,8,13-16,19-20H,2,4,6-7,9H2,1H3/t13-,14-,15+,16-,18+/m1/s1/i2D2,3D,8D,13D. The zero-order valence-electron chi connectivity index (χ0n) is 16.9. The van der Waals surface area contributed by atoms with Gasteiger partial charge in [0.1, 0.15) is 11.9 Å². The van der Waals surface area contributed by atoms with Crippen LogP contribution in [0.15, 0.2) is 18.2 Å². The molecule has 112 valence electrons. The number of ketones is 1. The number of rotatable bonds is 0. The number of carbonyl (C=O) groups is 1. The first kappa shape index (κ1) is 8.94. The lowest BCUT2D eigenvalue weighted by Gasteiger charge is -2.48. The molecule has 0 unspecified atom stereocenters. The number of aromatic hydroxyl groups is 1. The smallest absolute Gasteiger partial charge is 0.167 e. The molecule has 3 heteroatoms. The fourth-order valence-electron chi connectivity index (χ4n) is 4.55. The average Bonchev–Trinajstić information content (AvgIpc) is 2.78. The molecule has 0 spiro atoms. The molecule has 2 fully saturated rings. The number of benzene rings is 1. The second kappa shape index (κ2) is 4.33. The van der Waals surface area contributed by atoms with Gasteiger partial charge >= 0.3 is 0 Å². The van der Waals surface area contributed by atoms with Crippen molar-refractivity contribution in [1.29, 1.82) is 0 Å². The highest BCUT2D eigenvalue weighted by molar-refractivity contribution is 5.91. The van der Waals surface area contributed by atoms with Gasteiger partial charge in [-0.2, -0.15) is 0 Å². The van der Waals surface area contributed by atoms with Gasteiger partial charge in [0.2, 0.25) is 0 Å². The summed E-state index contributed by atoms with van der Waals surface area (Å²) in [5, 5.41) is 20.1. The number of aliphatic hydroxyl groups excluding tert-OH is 1. The Kier molecular flexibility index (Phi) is 1.84. The lowest BCUT2D eigenvalue weighted by atomic mass is 9.55. The number of aliphatic hydroxyl groups is 1. The number of hydrogen-bond donors (Lipinski definition) is 2. The molecule has 2 saturated carbocycles. The molecule has 0 saturated heterocycles. The molecule has 21 heavy (non-hydrogen) atoms. The van der Waals surface area contributed by atoms with E-state index in [1.807, 2.05) is 6.92 Å². The molecule has 4 rings (SSSR count). The van der Waals surface area contributed by atoms with E-state index in [0.29, 0.717) is 12.8 Å². The van der Waals surface area contributed by atoms with E-state index < -0.39 is 41.5 Å². The third kappa shape index (κ3) is 1.73. The molecule has 5 atom stereocenters. The molecule has 0 bridgehead atoms. The van der Waals surface area contributed by atoms with Gasteiger partial charge in [0.15, 0.2) is 5.78 Å². The zero-order valence-corrected chi connectivity index (χ0v) is 11.9. The van der Waals surface area contributed by atoms with Gasteiger partial charge in [0, 0.05) is 9.53 Å². The van der Waals surface area contributed by atoms with E-state index in [1.54, 1.807) is 0 Å². The summed E-state index contributed by atoms with van der Waals surface area (Å²) in [5.74, 6) is -2.81. The Morgan fingerprint density at radius 3 is 3.14 bits per heavy atom. The number of Topliss-reactive ketones (excluding diaryl/α,β-unsaturated/α-hetero) is 1. The van der Waals surface area contributed by atoms with Gasteiger partial charge in [-0.15, -0.1) is 0 Å². The quantitative estimate of drug-likeness (QED) is 0.773. The normalized spacial score (nSPS) is 50.7. The molecule has 0 aromatic heterocycles. The van der Waals surface area contributed by atoms with Gasteiger partial charge in [-0.25, -0.2) is 0 Å². The Morgan fingerprint density at radius 1 is 1.52 bits per heavy atom. The summed E-state index contributed by atoms with van der Waals surface area (Å²) in [7, 11) is 0. The van der Waals surface area contributed by atoms with Crippen LogP contribution >= 0.6 is 0 Å². The number of fused-ring (bicyclic) bond motifs is 5. The van der Waals surface area contributed by atoms with Gasteiger partial charge < -0.3 is 10.2 Å². The number of hydrogen-bond acceptors (Lipinski definition) is 3. The summed E-state index contributed by atoms with van der Waals surface area (Å²) in [5.41, 5.74) is -0.486. The number of phenolic OH excluding ortho intramolecular Hbond substituents is 1. The zero-order chi connectivity index (χ0) is 19.2. The highest BCUT2D eigenvalue weighted by atomic mass is 16.3. The third-order valence-electron chi connectivity index (χ3n) is 5.72. The van der Waals surface area contributed by atoms with Crippen LogP contribution in [0.25, 0.3) is 0 Å². The maximum atomic E-state index is 12.5. The molecule has 0 amide bonds. The third-order valence-corrected chi connectivity index (χ3v) is 5.72. The first-order chi connectivity index (χ1) is 11.9. The summed E-state index contributed by atoms with van der Waals surface area (Å²) in [4.78, 5) is 12.5. The van der Waals surface area contributed by atoms with Crippen molar-refractivity contribution in [2.45, 2.75) is 51.0 Å². The molecule has 0 heterocycles. The van der Waals surface area contributed by atoms with Gasteiger partial charge in [0.25, 0.3) is 0 Å². The SMILES string of the molecule is [2H]c1cc2c(c([2H])c1O)C([2H])([2H])C[C@H]1[C@@H]3C[C@@H](O)C(=O)[C@@]3(C)CC[C@]21[2H]. The lowest BCUT2D eigenvalue weighted by Crippen LogP contribution is -2.42. The van der Waals surface area contributed by atoms with E-state index in [2.05, 4.69) is 0 Å². The van der Waals surface area contributed by atoms with Crippen LogP contribution in [0.2, 0.25) is 0 Å². The average molecular weight is 291 g/mol. The van der Waals surface area contributed by atoms with Crippen LogP contribution in [0.3, 0.4) is 0 Å². The van der Waals surface area contributed by atoms with E-state index in [0.717, 1.165) is 0 Å². The molecule has 2 N–H and O–H groups in total. The van der Waals surface area contributed by atoms with E-state index in [9.17, 15) is 15.0 Å². The van der Waals surface area contributed by atoms with Crippen molar-refractivity contribution >= 4 is 5.78 Å². The first-order valence-electron chi connectivity index (χ1n) is 10.00. The van der Waals surface area contributed by atoms with E-state index >= 15 is 0 Å². The van der Waals surface area contributed by atoms with Crippen LogP contribution in [0.1, 0.15) is 56.5 Å². The Morgan fingerprint density at radius 2 is 2.33 bits per heavy atom. The molecule has 0 aliphatic heterocycles. The Bertz CT molecular complexity index is 826. The highest BCUT2D eigenvalue weighted by Gasteiger charge is 2.57. The van der Waals surface area contributed by atoms with E-state index in [-0.39, 0.29) is 41.7 Å². The van der Waals surface area contributed by atoms with Gasteiger partial charge in [-0.3, -0.25) is 4.79 Å². The summed E-state index contributed by atoms with van der Waals surface area (Å²) < 4.78 is 42.2. The van der Waals surface area contributed by atoms with Crippen LogP contribution in [-0.4, -0.2) is 22.1 Å². The fourth-order valence-corrected chi connectivity index (χ4v) is 4.55. The maximum absolute atomic E-state index is 12.5. The maximum Gasteiger partial charge on any atom is 0.167 e. The Balaban J connectivity index is 1.93. The summed E-state index contributed by atoms with van der Waals surface area (Å²) in [6.07, 6.45) is -2.11. The first-order valence-corrected chi connectivity index (χ1v) is 7.50. The molecule has 1 aromatic carbocycles. The Labute approximate surface area is 132 Å². The number of phenols is 1. The fraction of sp³-hybridized carbons (Fsp3) is 0.611. The Hall–Kier alpha value is -1.35. The van der Waals surface area contributed by atoms with Crippen molar-refractivity contribution in [3.63, 3.8) is 0 Å². The largest absolute Gasteiger partial charge is 0.508 e. The second-order valence-electron chi connectivity index (χ2n) is 6.70. The summed E-state index contributed by atoms with van der Waals surface area (Å²) >= 11 is 0. The van der Waals surface area contributed by atoms with Crippen molar-refractivity contribution in [3.05, 3.63) is 29.3 Å². The van der Waals surface area contributed by atoms with Gasteiger partial charge in [-0.05, 0) is 73.0 Å². The second-order valence-corrected chi connectivity index (χ2v) is 6.70. The predicted octanol–water partition coefficient (Wildman–Crippen LogP) is 2.79. The van der Waals surface area contributed by atoms with Crippen molar-refractivity contribution in [2.24, 2.45) is 17.3 Å². The topological polar surface area (TPSA) is 57.5 Å². The molecular weight excluding hydrogens is 264 g/mol.